The Kier molecular flexibility index (Phi) is 4.02. The first kappa shape index (κ1) is 15.1. The Hall–Kier alpha value is -2.82. The lowest BCUT2D eigenvalue weighted by atomic mass is 9.88. The first-order chi connectivity index (χ1) is 11.1. The van der Waals surface area contributed by atoms with Crippen LogP contribution in [0.3, 0.4) is 0 Å². The second-order valence-electron chi connectivity index (χ2n) is 5.33. The van der Waals surface area contributed by atoms with Crippen molar-refractivity contribution in [3.8, 4) is 5.75 Å². The van der Waals surface area contributed by atoms with Gasteiger partial charge < -0.3 is 14.8 Å². The highest BCUT2D eigenvalue weighted by atomic mass is 19.1. The van der Waals surface area contributed by atoms with Gasteiger partial charge in [0.25, 0.3) is 0 Å². The van der Waals surface area contributed by atoms with Crippen LogP contribution in [-0.4, -0.2) is 23.2 Å². The van der Waals surface area contributed by atoms with Crippen molar-refractivity contribution in [1.82, 2.24) is 4.98 Å². The molecule has 0 amide bonds. The van der Waals surface area contributed by atoms with Gasteiger partial charge in [-0.3, -0.25) is 4.79 Å². The number of rotatable bonds is 5. The Morgan fingerprint density at radius 1 is 1.26 bits per heavy atom. The van der Waals surface area contributed by atoms with Gasteiger partial charge >= 0.3 is 5.97 Å². The van der Waals surface area contributed by atoms with Gasteiger partial charge in [0.2, 0.25) is 0 Å². The van der Waals surface area contributed by atoms with E-state index in [-0.39, 0.29) is 6.42 Å². The summed E-state index contributed by atoms with van der Waals surface area (Å²) >= 11 is 0. The lowest BCUT2D eigenvalue weighted by Gasteiger charge is -2.16. The highest BCUT2D eigenvalue weighted by Gasteiger charge is 2.23. The summed E-state index contributed by atoms with van der Waals surface area (Å²) in [6.45, 7) is 0. The van der Waals surface area contributed by atoms with Crippen LogP contribution in [0, 0.1) is 5.82 Å². The van der Waals surface area contributed by atoms with Crippen molar-refractivity contribution >= 4 is 16.9 Å². The van der Waals surface area contributed by atoms with Gasteiger partial charge in [0.1, 0.15) is 11.6 Å². The van der Waals surface area contributed by atoms with Crippen molar-refractivity contribution < 1.29 is 19.0 Å². The molecule has 0 fully saturated rings. The Balaban J connectivity index is 2.17. The summed E-state index contributed by atoms with van der Waals surface area (Å²) in [6.07, 6.45) is 1.55. The number of benzene rings is 2. The number of carbonyl (C=O) groups is 1. The average Bonchev–Trinajstić information content (AvgIpc) is 2.96. The number of hydrogen-bond donors (Lipinski definition) is 2. The number of aromatic nitrogens is 1. The van der Waals surface area contributed by atoms with E-state index < -0.39 is 17.7 Å². The molecule has 0 saturated carbocycles. The van der Waals surface area contributed by atoms with E-state index >= 15 is 0 Å². The predicted octanol–water partition coefficient (Wildman–Crippen LogP) is 3.92. The monoisotopic (exact) mass is 313 g/mol. The number of methoxy groups -OCH3 is 1. The van der Waals surface area contributed by atoms with Crippen molar-refractivity contribution in [2.75, 3.05) is 7.11 Å². The van der Waals surface area contributed by atoms with Gasteiger partial charge in [0.15, 0.2) is 0 Å². The quantitative estimate of drug-likeness (QED) is 0.750. The highest BCUT2D eigenvalue weighted by molar-refractivity contribution is 5.86. The smallest absolute Gasteiger partial charge is 0.304 e. The van der Waals surface area contributed by atoms with E-state index in [9.17, 15) is 14.3 Å². The number of aromatic amines is 1. The van der Waals surface area contributed by atoms with Crippen molar-refractivity contribution in [3.05, 3.63) is 65.6 Å². The molecule has 118 valence electrons. The number of carboxylic acids is 1. The third-order valence-corrected chi connectivity index (χ3v) is 3.96. The van der Waals surface area contributed by atoms with E-state index in [0.717, 1.165) is 16.5 Å². The van der Waals surface area contributed by atoms with Gasteiger partial charge in [-0.2, -0.15) is 0 Å². The van der Waals surface area contributed by atoms with Crippen molar-refractivity contribution in [2.45, 2.75) is 12.3 Å². The van der Waals surface area contributed by atoms with Gasteiger partial charge in [-0.15, -0.1) is 0 Å². The Labute approximate surface area is 132 Å². The summed E-state index contributed by atoms with van der Waals surface area (Å²) in [5, 5.41) is 10.1. The molecule has 3 rings (SSSR count). The molecule has 23 heavy (non-hydrogen) atoms. The number of ether oxygens (including phenoxy) is 1. The van der Waals surface area contributed by atoms with Gasteiger partial charge in [-0.25, -0.2) is 4.39 Å². The minimum Gasteiger partial charge on any atom is -0.497 e. The van der Waals surface area contributed by atoms with E-state index in [1.165, 1.54) is 6.07 Å². The van der Waals surface area contributed by atoms with Crippen LogP contribution in [0.2, 0.25) is 0 Å². The Morgan fingerprint density at radius 2 is 2.04 bits per heavy atom. The molecular formula is C18H16FNO3. The van der Waals surface area contributed by atoms with E-state index in [1.807, 2.05) is 18.2 Å². The molecule has 0 radical (unpaired) electrons. The normalized spacial score (nSPS) is 12.3. The van der Waals surface area contributed by atoms with E-state index in [0.29, 0.717) is 11.3 Å². The number of H-pyrrole nitrogens is 1. The molecule has 0 bridgehead atoms. The van der Waals surface area contributed by atoms with Gasteiger partial charge in [-0.05, 0) is 35.4 Å². The molecular weight excluding hydrogens is 297 g/mol. The lowest BCUT2D eigenvalue weighted by molar-refractivity contribution is -0.137. The molecule has 0 unspecified atom stereocenters. The van der Waals surface area contributed by atoms with Crippen LogP contribution in [0.15, 0.2) is 48.7 Å². The maximum atomic E-state index is 14.2. The molecule has 4 nitrogen and oxygen atoms in total. The minimum absolute atomic E-state index is 0.189. The first-order valence-corrected chi connectivity index (χ1v) is 7.21. The van der Waals surface area contributed by atoms with Crippen LogP contribution in [0.25, 0.3) is 10.9 Å². The standard InChI is InChI=1S/C18H16FNO3/c1-23-11-6-7-17-14(8-11)15(10-20-17)13(9-18(21)22)12-4-2-3-5-16(12)19/h2-8,10,13,20H,9H2,1H3,(H,21,22)/t13-/m1/s1. The maximum absolute atomic E-state index is 14.2. The van der Waals surface area contributed by atoms with Crippen LogP contribution in [-0.2, 0) is 4.79 Å². The largest absolute Gasteiger partial charge is 0.497 e. The molecule has 0 aliphatic heterocycles. The van der Waals surface area contributed by atoms with E-state index in [2.05, 4.69) is 4.98 Å². The van der Waals surface area contributed by atoms with Gasteiger partial charge in [0, 0.05) is 23.0 Å². The van der Waals surface area contributed by atoms with Crippen LogP contribution in [0.4, 0.5) is 4.39 Å². The second kappa shape index (κ2) is 6.12. The van der Waals surface area contributed by atoms with Crippen LogP contribution >= 0.6 is 0 Å². The van der Waals surface area contributed by atoms with Crippen molar-refractivity contribution in [3.63, 3.8) is 0 Å². The summed E-state index contributed by atoms with van der Waals surface area (Å²) in [7, 11) is 1.57. The fraction of sp³-hybridized carbons (Fsp3) is 0.167. The van der Waals surface area contributed by atoms with Crippen molar-refractivity contribution in [1.29, 1.82) is 0 Å². The molecule has 2 aromatic carbocycles. The fourth-order valence-electron chi connectivity index (χ4n) is 2.86. The fourth-order valence-corrected chi connectivity index (χ4v) is 2.86. The zero-order chi connectivity index (χ0) is 16.4. The number of aliphatic carboxylic acids is 1. The summed E-state index contributed by atoms with van der Waals surface area (Å²) in [5.74, 6) is -1.29. The maximum Gasteiger partial charge on any atom is 0.304 e. The van der Waals surface area contributed by atoms with Crippen LogP contribution in [0.1, 0.15) is 23.5 Å². The molecule has 0 saturated heterocycles. The second-order valence-corrected chi connectivity index (χ2v) is 5.33. The number of fused-ring (bicyclic) bond motifs is 1. The molecule has 0 aliphatic carbocycles. The molecule has 1 atom stereocenters. The molecule has 3 aromatic rings. The zero-order valence-electron chi connectivity index (χ0n) is 12.5. The molecule has 0 aliphatic rings. The van der Waals surface area contributed by atoms with Crippen LogP contribution in [0.5, 0.6) is 5.75 Å². The Bertz CT molecular complexity index is 856. The van der Waals surface area contributed by atoms with E-state index in [4.69, 9.17) is 4.74 Å². The lowest BCUT2D eigenvalue weighted by Crippen LogP contribution is -2.09. The number of nitrogens with one attached hydrogen (secondary N) is 1. The summed E-state index contributed by atoms with van der Waals surface area (Å²) < 4.78 is 19.4. The summed E-state index contributed by atoms with van der Waals surface area (Å²) in [4.78, 5) is 14.4. The molecule has 2 N–H and O–H groups in total. The molecule has 1 heterocycles. The highest BCUT2D eigenvalue weighted by Crippen LogP contribution is 2.35. The van der Waals surface area contributed by atoms with E-state index in [1.54, 1.807) is 31.5 Å². The number of halogens is 1. The average molecular weight is 313 g/mol. The molecule has 1 aromatic heterocycles. The topological polar surface area (TPSA) is 62.3 Å². The molecule has 5 heteroatoms. The Morgan fingerprint density at radius 3 is 2.74 bits per heavy atom. The first-order valence-electron chi connectivity index (χ1n) is 7.21. The number of carboxylic acid groups (broad SMARTS) is 1. The number of hydrogen-bond acceptors (Lipinski definition) is 2. The third-order valence-electron chi connectivity index (χ3n) is 3.96. The third kappa shape index (κ3) is 2.90. The SMILES string of the molecule is COc1ccc2[nH]cc([C@H](CC(=O)O)c3ccccc3F)c2c1. The van der Waals surface area contributed by atoms with Crippen molar-refractivity contribution in [2.24, 2.45) is 0 Å². The summed E-state index contributed by atoms with van der Waals surface area (Å²) in [6, 6.07) is 11.8. The molecule has 0 spiro atoms. The minimum atomic E-state index is -0.976. The van der Waals surface area contributed by atoms with Gasteiger partial charge in [-0.1, -0.05) is 18.2 Å². The zero-order valence-corrected chi connectivity index (χ0v) is 12.5. The van der Waals surface area contributed by atoms with Crippen LogP contribution < -0.4 is 4.74 Å². The van der Waals surface area contributed by atoms with Gasteiger partial charge in [0.05, 0.1) is 13.5 Å². The predicted molar refractivity (Wildman–Crippen MR) is 85.3 cm³/mol. The summed E-state index contributed by atoms with van der Waals surface area (Å²) in [5.41, 5.74) is 1.97.